The van der Waals surface area contributed by atoms with Gasteiger partial charge in [0.1, 0.15) is 0 Å². The molecule has 132 valence electrons. The van der Waals surface area contributed by atoms with Gasteiger partial charge in [-0.15, -0.1) is 0 Å². The van der Waals surface area contributed by atoms with E-state index >= 15 is 0 Å². The maximum absolute atomic E-state index is 12.5. The Morgan fingerprint density at radius 2 is 2.04 bits per heavy atom. The van der Waals surface area contributed by atoms with Crippen LogP contribution in [0.3, 0.4) is 0 Å². The zero-order chi connectivity index (χ0) is 17.7. The van der Waals surface area contributed by atoms with Crippen LogP contribution in [0.2, 0.25) is 0 Å². The summed E-state index contributed by atoms with van der Waals surface area (Å²) in [6, 6.07) is 5.19. The molecule has 1 heterocycles. The molecule has 0 aromatic heterocycles. The Bertz CT molecular complexity index is 724. The van der Waals surface area contributed by atoms with Gasteiger partial charge in [0.25, 0.3) is 11.7 Å². The molecule has 1 aromatic rings. The highest BCUT2D eigenvalue weighted by atomic mass is 32.2. The molecule has 0 aliphatic carbocycles. The molecule has 1 amide bonds. The molecule has 24 heavy (non-hydrogen) atoms. The molecule has 0 radical (unpaired) electrons. The summed E-state index contributed by atoms with van der Waals surface area (Å²) in [6.07, 6.45) is 0.315. The van der Waals surface area contributed by atoms with Gasteiger partial charge in [-0.3, -0.25) is 4.79 Å². The number of thioether (sulfide) groups is 1. The van der Waals surface area contributed by atoms with Gasteiger partial charge in [-0.25, -0.2) is 13.2 Å². The minimum atomic E-state index is -3.13. The number of hydrogen-bond acceptors (Lipinski definition) is 6. The molecule has 1 saturated heterocycles. The second kappa shape index (κ2) is 7.93. The molecule has 1 atom stereocenters. The molecule has 0 spiro atoms. The number of halogens is 2. The first-order valence-corrected chi connectivity index (χ1v) is 9.68. The fourth-order valence-electron chi connectivity index (χ4n) is 2.22. The molecule has 0 bridgehead atoms. The van der Waals surface area contributed by atoms with Crippen molar-refractivity contribution in [1.29, 1.82) is 0 Å². The largest absolute Gasteiger partial charge is 0.452 e. The summed E-state index contributed by atoms with van der Waals surface area (Å²) in [7, 11) is -3.13. The maximum atomic E-state index is 12.5. The predicted molar refractivity (Wildman–Crippen MR) is 83.8 cm³/mol. The van der Waals surface area contributed by atoms with Gasteiger partial charge >= 0.3 is 5.97 Å². The van der Waals surface area contributed by atoms with Gasteiger partial charge in [-0.1, -0.05) is 23.9 Å². The Morgan fingerprint density at radius 1 is 1.33 bits per heavy atom. The van der Waals surface area contributed by atoms with Crippen LogP contribution < -0.4 is 5.32 Å². The van der Waals surface area contributed by atoms with E-state index in [9.17, 15) is 26.8 Å². The highest BCUT2D eigenvalue weighted by molar-refractivity contribution is 7.99. The standard InChI is InChI=1S/C14H15F2NO5S2/c15-14(16)23-11-4-2-1-3-10(11)13(19)22-7-12(18)17-9-5-6-24(20,21)8-9/h1-4,9,14H,5-8H2,(H,17,18)/t9-/m0/s1. The van der Waals surface area contributed by atoms with Crippen LogP contribution in [0.1, 0.15) is 16.8 Å². The zero-order valence-corrected chi connectivity index (χ0v) is 14.0. The van der Waals surface area contributed by atoms with Crippen molar-refractivity contribution < 1.29 is 31.5 Å². The zero-order valence-electron chi connectivity index (χ0n) is 12.4. The summed E-state index contributed by atoms with van der Waals surface area (Å²) in [6.45, 7) is -0.608. The normalized spacial score (nSPS) is 19.2. The lowest BCUT2D eigenvalue weighted by molar-refractivity contribution is -0.124. The maximum Gasteiger partial charge on any atom is 0.339 e. The SMILES string of the molecule is O=C(COC(=O)c1ccccc1SC(F)F)N[C@H]1CCS(=O)(=O)C1. The van der Waals surface area contributed by atoms with Gasteiger partial charge in [0.2, 0.25) is 0 Å². The monoisotopic (exact) mass is 379 g/mol. The van der Waals surface area contributed by atoms with E-state index < -0.39 is 40.1 Å². The summed E-state index contributed by atoms with van der Waals surface area (Å²) in [5, 5.41) is 2.47. The third kappa shape index (κ3) is 5.45. The van der Waals surface area contributed by atoms with E-state index in [-0.39, 0.29) is 33.7 Å². The van der Waals surface area contributed by atoms with Crippen molar-refractivity contribution in [1.82, 2.24) is 5.32 Å². The first-order valence-electron chi connectivity index (χ1n) is 6.97. The van der Waals surface area contributed by atoms with Gasteiger partial charge in [-0.05, 0) is 18.6 Å². The van der Waals surface area contributed by atoms with Gasteiger partial charge in [0.15, 0.2) is 16.4 Å². The number of esters is 1. The van der Waals surface area contributed by atoms with E-state index in [1.165, 1.54) is 24.3 Å². The Kier molecular flexibility index (Phi) is 6.16. The third-order valence-corrected chi connectivity index (χ3v) is 5.81. The van der Waals surface area contributed by atoms with Crippen LogP contribution in [-0.4, -0.2) is 50.2 Å². The number of hydrogen-bond donors (Lipinski definition) is 1. The van der Waals surface area contributed by atoms with E-state index in [1.54, 1.807) is 0 Å². The summed E-state index contributed by atoms with van der Waals surface area (Å²) < 4.78 is 52.3. The van der Waals surface area contributed by atoms with Crippen molar-refractivity contribution in [2.75, 3.05) is 18.1 Å². The molecule has 10 heteroatoms. The van der Waals surface area contributed by atoms with E-state index in [1.807, 2.05) is 0 Å². The highest BCUT2D eigenvalue weighted by Crippen LogP contribution is 2.28. The van der Waals surface area contributed by atoms with Crippen molar-refractivity contribution in [3.05, 3.63) is 29.8 Å². The second-order valence-corrected chi connectivity index (χ2v) is 8.38. The van der Waals surface area contributed by atoms with Gasteiger partial charge < -0.3 is 10.1 Å². The minimum Gasteiger partial charge on any atom is -0.452 e. The molecule has 1 aromatic carbocycles. The second-order valence-electron chi connectivity index (χ2n) is 5.12. The van der Waals surface area contributed by atoms with Crippen molar-refractivity contribution in [2.45, 2.75) is 23.1 Å². The number of benzene rings is 1. The van der Waals surface area contributed by atoms with Crippen molar-refractivity contribution in [3.63, 3.8) is 0 Å². The molecule has 1 N–H and O–H groups in total. The van der Waals surface area contributed by atoms with Gasteiger partial charge in [-0.2, -0.15) is 8.78 Å². The fraction of sp³-hybridized carbons (Fsp3) is 0.429. The highest BCUT2D eigenvalue weighted by Gasteiger charge is 2.29. The van der Waals surface area contributed by atoms with Crippen LogP contribution >= 0.6 is 11.8 Å². The number of carbonyl (C=O) groups is 2. The lowest BCUT2D eigenvalue weighted by atomic mass is 10.2. The number of rotatable bonds is 6. The molecule has 0 unspecified atom stereocenters. The van der Waals surface area contributed by atoms with E-state index in [0.29, 0.717) is 6.42 Å². The lowest BCUT2D eigenvalue weighted by Crippen LogP contribution is -2.38. The van der Waals surface area contributed by atoms with Crippen LogP contribution in [0.5, 0.6) is 0 Å². The van der Waals surface area contributed by atoms with Crippen LogP contribution in [-0.2, 0) is 19.4 Å². The van der Waals surface area contributed by atoms with E-state index in [4.69, 9.17) is 4.74 Å². The third-order valence-electron chi connectivity index (χ3n) is 3.25. The number of carbonyl (C=O) groups excluding carboxylic acids is 2. The summed E-state index contributed by atoms with van der Waals surface area (Å²) in [5.74, 6) is -4.35. The van der Waals surface area contributed by atoms with E-state index in [2.05, 4.69) is 5.32 Å². The molecule has 1 fully saturated rings. The number of ether oxygens (including phenoxy) is 1. The van der Waals surface area contributed by atoms with E-state index in [0.717, 1.165) is 0 Å². The minimum absolute atomic E-state index is 0.00988. The Hall–Kier alpha value is -1.68. The molecule has 6 nitrogen and oxygen atoms in total. The van der Waals surface area contributed by atoms with Crippen LogP contribution in [0, 0.1) is 0 Å². The van der Waals surface area contributed by atoms with Crippen molar-refractivity contribution >= 4 is 33.5 Å². The quantitative estimate of drug-likeness (QED) is 0.595. The molecule has 1 aliphatic heterocycles. The molecular weight excluding hydrogens is 364 g/mol. The van der Waals surface area contributed by atoms with Crippen molar-refractivity contribution in [2.24, 2.45) is 0 Å². The molecule has 1 aliphatic rings. The first kappa shape index (κ1) is 18.7. The Balaban J connectivity index is 1.88. The average molecular weight is 379 g/mol. The number of alkyl halides is 2. The van der Waals surface area contributed by atoms with Crippen LogP contribution in [0.25, 0.3) is 0 Å². The fourth-order valence-corrected chi connectivity index (χ4v) is 4.52. The Morgan fingerprint density at radius 3 is 2.67 bits per heavy atom. The first-order chi connectivity index (χ1) is 11.3. The number of nitrogens with one attached hydrogen (secondary N) is 1. The number of sulfone groups is 1. The summed E-state index contributed by atoms with van der Waals surface area (Å²) in [4.78, 5) is 23.7. The summed E-state index contributed by atoms with van der Waals surface area (Å²) in [5.41, 5.74) is -0.0564. The lowest BCUT2D eigenvalue weighted by Gasteiger charge is -2.12. The molecular formula is C14H15F2NO5S2. The summed E-state index contributed by atoms with van der Waals surface area (Å²) >= 11 is 0.212. The topological polar surface area (TPSA) is 89.5 Å². The Labute approximate surface area is 141 Å². The average Bonchev–Trinajstić information content (AvgIpc) is 2.83. The smallest absolute Gasteiger partial charge is 0.339 e. The van der Waals surface area contributed by atoms with Gasteiger partial charge in [0.05, 0.1) is 17.1 Å². The van der Waals surface area contributed by atoms with Crippen molar-refractivity contribution in [3.8, 4) is 0 Å². The van der Waals surface area contributed by atoms with Crippen LogP contribution in [0.15, 0.2) is 29.2 Å². The number of amides is 1. The molecule has 0 saturated carbocycles. The van der Waals surface area contributed by atoms with Gasteiger partial charge in [0, 0.05) is 10.9 Å². The predicted octanol–water partition coefficient (Wildman–Crippen LogP) is 1.46. The molecule has 2 rings (SSSR count). The van der Waals surface area contributed by atoms with Crippen LogP contribution in [0.4, 0.5) is 8.78 Å².